The number of hydrogen-bond acceptors (Lipinski definition) is 5. The molecule has 0 radical (unpaired) electrons. The van der Waals surface area contributed by atoms with E-state index in [9.17, 15) is 18.0 Å². The summed E-state index contributed by atoms with van der Waals surface area (Å²) in [7, 11) is 1.28. The van der Waals surface area contributed by atoms with Crippen molar-refractivity contribution in [2.45, 2.75) is 42.4 Å². The molecule has 1 heterocycles. The van der Waals surface area contributed by atoms with Gasteiger partial charge in [-0.3, -0.25) is 9.69 Å². The molecule has 156 valence electrons. The molecule has 0 bridgehead atoms. The predicted molar refractivity (Wildman–Crippen MR) is 101 cm³/mol. The molecule has 3 rings (SSSR count). The van der Waals surface area contributed by atoms with Crippen LogP contribution in [0.3, 0.4) is 0 Å². The minimum Gasteiger partial charge on any atom is -0.496 e. The van der Waals surface area contributed by atoms with E-state index in [0.717, 1.165) is 56.2 Å². The number of carbonyl (C=O) groups is 1. The van der Waals surface area contributed by atoms with Gasteiger partial charge in [0.2, 0.25) is 0 Å². The number of nitrogens with one attached hydrogen (secondary N) is 1. The predicted octanol–water partition coefficient (Wildman–Crippen LogP) is 3.42. The summed E-state index contributed by atoms with van der Waals surface area (Å²) < 4.78 is 50.0. The molecule has 0 unspecified atom stereocenters. The molecule has 1 saturated carbocycles. The van der Waals surface area contributed by atoms with Crippen LogP contribution in [0.25, 0.3) is 0 Å². The van der Waals surface area contributed by atoms with Crippen molar-refractivity contribution >= 4 is 17.7 Å². The highest BCUT2D eigenvalue weighted by Gasteiger charge is 2.36. The minimum absolute atomic E-state index is 0.0349. The summed E-state index contributed by atoms with van der Waals surface area (Å²) in [5, 5.41) is 3.05. The van der Waals surface area contributed by atoms with Crippen LogP contribution in [0.1, 0.15) is 35.2 Å². The first kappa shape index (κ1) is 21.3. The number of methoxy groups -OCH3 is 1. The lowest BCUT2D eigenvalue weighted by Crippen LogP contribution is -2.52. The van der Waals surface area contributed by atoms with E-state index >= 15 is 0 Å². The molecule has 2 aliphatic rings. The van der Waals surface area contributed by atoms with Crippen molar-refractivity contribution < 1.29 is 27.4 Å². The van der Waals surface area contributed by atoms with Crippen LogP contribution in [0.15, 0.2) is 17.0 Å². The van der Waals surface area contributed by atoms with Crippen molar-refractivity contribution in [3.8, 4) is 5.75 Å². The van der Waals surface area contributed by atoms with Gasteiger partial charge >= 0.3 is 6.18 Å². The van der Waals surface area contributed by atoms with Crippen molar-refractivity contribution in [1.82, 2.24) is 10.2 Å². The number of ether oxygens (including phenoxy) is 2. The van der Waals surface area contributed by atoms with Crippen molar-refractivity contribution in [1.29, 1.82) is 0 Å². The zero-order chi connectivity index (χ0) is 20.3. The van der Waals surface area contributed by atoms with E-state index in [4.69, 9.17) is 9.47 Å². The molecule has 1 aliphatic heterocycles. The quantitative estimate of drug-likeness (QED) is 0.743. The summed E-state index contributed by atoms with van der Waals surface area (Å²) in [6.45, 7) is 3.02. The van der Waals surface area contributed by atoms with Crippen LogP contribution >= 0.6 is 11.8 Å². The smallest absolute Gasteiger partial charge is 0.416 e. The van der Waals surface area contributed by atoms with Gasteiger partial charge in [-0.05, 0) is 37.7 Å². The Labute approximate surface area is 166 Å². The van der Waals surface area contributed by atoms with Crippen LogP contribution < -0.4 is 10.1 Å². The van der Waals surface area contributed by atoms with Gasteiger partial charge in [-0.25, -0.2) is 0 Å². The second-order valence-corrected chi connectivity index (χ2v) is 7.83. The molecule has 1 aromatic rings. The molecular formula is C19H25F3N2O3S. The second kappa shape index (κ2) is 8.92. The van der Waals surface area contributed by atoms with E-state index in [0.29, 0.717) is 13.2 Å². The second-order valence-electron chi connectivity index (χ2n) is 6.98. The topological polar surface area (TPSA) is 50.8 Å². The lowest BCUT2D eigenvalue weighted by atomic mass is 10.1. The third-order valence-electron chi connectivity index (χ3n) is 5.37. The highest BCUT2D eigenvalue weighted by molar-refractivity contribution is 7.98. The Balaban J connectivity index is 1.83. The summed E-state index contributed by atoms with van der Waals surface area (Å²) in [6, 6.07) is 2.09. The number of nitrogens with zero attached hydrogens (tertiary/aromatic N) is 1. The molecule has 1 saturated heterocycles. The fourth-order valence-electron chi connectivity index (χ4n) is 3.99. The van der Waals surface area contributed by atoms with Gasteiger partial charge < -0.3 is 14.8 Å². The van der Waals surface area contributed by atoms with Crippen molar-refractivity contribution in [2.75, 3.05) is 39.7 Å². The molecule has 1 amide bonds. The molecule has 2 atom stereocenters. The summed E-state index contributed by atoms with van der Waals surface area (Å²) in [5.74, 6) is -0.447. The highest BCUT2D eigenvalue weighted by atomic mass is 32.2. The van der Waals surface area contributed by atoms with Crippen molar-refractivity contribution in [2.24, 2.45) is 0 Å². The Morgan fingerprint density at radius 3 is 2.61 bits per heavy atom. The average molecular weight is 418 g/mol. The number of benzene rings is 1. The number of halogens is 3. The summed E-state index contributed by atoms with van der Waals surface area (Å²) in [4.78, 5) is 15.6. The van der Waals surface area contributed by atoms with Gasteiger partial charge in [0.25, 0.3) is 5.91 Å². The molecule has 5 nitrogen and oxygen atoms in total. The normalized spacial score (nSPS) is 23.6. The van der Waals surface area contributed by atoms with Crippen LogP contribution in [-0.4, -0.2) is 62.6 Å². The van der Waals surface area contributed by atoms with Gasteiger partial charge in [0.05, 0.1) is 31.5 Å². The Morgan fingerprint density at radius 1 is 1.29 bits per heavy atom. The van der Waals surface area contributed by atoms with Gasteiger partial charge in [0.15, 0.2) is 0 Å². The maximum atomic E-state index is 13.2. The lowest BCUT2D eigenvalue weighted by Gasteiger charge is -2.35. The molecule has 2 fully saturated rings. The fourth-order valence-corrected chi connectivity index (χ4v) is 4.64. The van der Waals surface area contributed by atoms with Crippen LogP contribution in [0.5, 0.6) is 5.75 Å². The maximum absolute atomic E-state index is 13.2. The minimum atomic E-state index is -4.50. The molecule has 9 heteroatoms. The molecule has 0 aromatic heterocycles. The number of hydrogen-bond donors (Lipinski definition) is 1. The van der Waals surface area contributed by atoms with Crippen LogP contribution in [-0.2, 0) is 10.9 Å². The van der Waals surface area contributed by atoms with Gasteiger partial charge in [0, 0.05) is 30.1 Å². The van der Waals surface area contributed by atoms with Crippen LogP contribution in [0, 0.1) is 0 Å². The van der Waals surface area contributed by atoms with Crippen LogP contribution in [0.2, 0.25) is 0 Å². The molecule has 1 aromatic carbocycles. The first-order chi connectivity index (χ1) is 13.3. The maximum Gasteiger partial charge on any atom is 0.416 e. The molecular weight excluding hydrogens is 393 g/mol. The lowest BCUT2D eigenvalue weighted by molar-refractivity contribution is -0.137. The van der Waals surface area contributed by atoms with E-state index in [1.165, 1.54) is 7.11 Å². The highest BCUT2D eigenvalue weighted by Crippen LogP contribution is 2.38. The third kappa shape index (κ3) is 4.58. The first-order valence-corrected chi connectivity index (χ1v) is 10.5. The van der Waals surface area contributed by atoms with Crippen LogP contribution in [0.4, 0.5) is 13.2 Å². The number of alkyl halides is 3. The first-order valence-electron chi connectivity index (χ1n) is 9.31. The van der Waals surface area contributed by atoms with Crippen molar-refractivity contribution in [3.63, 3.8) is 0 Å². The van der Waals surface area contributed by atoms with Gasteiger partial charge in [0.1, 0.15) is 5.75 Å². The fraction of sp³-hybridized carbons (Fsp3) is 0.632. The molecule has 0 spiro atoms. The molecule has 28 heavy (non-hydrogen) atoms. The summed E-state index contributed by atoms with van der Waals surface area (Å²) in [5.41, 5.74) is -0.659. The zero-order valence-corrected chi connectivity index (χ0v) is 16.8. The number of morpholine rings is 1. The van der Waals surface area contributed by atoms with Gasteiger partial charge in [-0.15, -0.1) is 11.8 Å². The number of rotatable bonds is 5. The Bertz CT molecular complexity index is 683. The zero-order valence-electron chi connectivity index (χ0n) is 16.0. The Kier molecular flexibility index (Phi) is 6.77. The third-order valence-corrected chi connectivity index (χ3v) is 6.13. The van der Waals surface area contributed by atoms with E-state index in [1.54, 1.807) is 6.26 Å². The Morgan fingerprint density at radius 2 is 2.00 bits per heavy atom. The Hall–Kier alpha value is -1.45. The number of carbonyl (C=O) groups excluding carboxylic acids is 1. The van der Waals surface area contributed by atoms with E-state index < -0.39 is 11.7 Å². The molecule has 1 N–H and O–H groups in total. The monoisotopic (exact) mass is 418 g/mol. The van der Waals surface area contributed by atoms with Crippen molar-refractivity contribution in [3.05, 3.63) is 23.3 Å². The number of amides is 1. The SMILES string of the molecule is COc1cc(C(F)(F)F)cc(SC)c1C(=O)N[C@@H]1CCC[C@@H]1N1CCOCC1. The molecule has 1 aliphatic carbocycles. The summed E-state index contributed by atoms with van der Waals surface area (Å²) >= 11 is 1.10. The van der Waals surface area contributed by atoms with E-state index in [2.05, 4.69) is 10.2 Å². The van der Waals surface area contributed by atoms with E-state index in [1.807, 2.05) is 0 Å². The van der Waals surface area contributed by atoms with Gasteiger partial charge in [-0.1, -0.05) is 0 Å². The number of thioether (sulfide) groups is 1. The average Bonchev–Trinajstić information content (AvgIpc) is 3.14. The van der Waals surface area contributed by atoms with E-state index in [-0.39, 0.29) is 34.2 Å². The summed E-state index contributed by atoms with van der Waals surface area (Å²) in [6.07, 6.45) is -0.000244. The standard InChI is InChI=1S/C19H25F3N2O3S/c1-26-15-10-12(19(20,21)22)11-16(28-2)17(15)18(25)23-13-4-3-5-14(13)24-6-8-27-9-7-24/h10-11,13-14H,3-9H2,1-2H3,(H,23,25)/t13-,14+/m1/s1. The van der Waals surface area contributed by atoms with Gasteiger partial charge in [-0.2, -0.15) is 13.2 Å². The largest absolute Gasteiger partial charge is 0.496 e.